The van der Waals surface area contributed by atoms with Crippen LogP contribution < -0.4 is 5.32 Å². The summed E-state index contributed by atoms with van der Waals surface area (Å²) in [6, 6.07) is -1.15. The van der Waals surface area contributed by atoms with Gasteiger partial charge in [0.2, 0.25) is 5.91 Å². The van der Waals surface area contributed by atoms with Crippen LogP contribution in [0.15, 0.2) is 24.3 Å². The minimum Gasteiger partial charge on any atom is -0.393 e. The molecule has 9 N–H and O–H groups in total. The second-order valence-electron chi connectivity index (χ2n) is 16.8. The van der Waals surface area contributed by atoms with Crippen LogP contribution in [0.3, 0.4) is 0 Å². The van der Waals surface area contributed by atoms with E-state index in [2.05, 4.69) is 43.5 Å². The third-order valence-electron chi connectivity index (χ3n) is 11.3. The second-order valence-corrected chi connectivity index (χ2v) is 18.2. The first-order chi connectivity index (χ1) is 28.3. The molecular weight excluding hydrogens is 777 g/mol. The summed E-state index contributed by atoms with van der Waals surface area (Å²) >= 11 is 0. The fraction of sp³-hybridized carbons (Fsp3) is 0.889. The summed E-state index contributed by atoms with van der Waals surface area (Å²) in [5.41, 5.74) is 0. The lowest BCUT2D eigenvalue weighted by Gasteiger charge is -2.41. The molecule has 1 aliphatic rings. The molecule has 1 rings (SSSR count). The number of phosphoric ester groups is 1. The van der Waals surface area contributed by atoms with Gasteiger partial charge < -0.3 is 46.0 Å². The maximum atomic E-state index is 13.0. The quantitative estimate of drug-likeness (QED) is 0.0166. The number of carbonyl (C=O) groups excluding carboxylic acids is 1. The van der Waals surface area contributed by atoms with Crippen LogP contribution in [0.1, 0.15) is 194 Å². The van der Waals surface area contributed by atoms with Gasteiger partial charge in [0.15, 0.2) is 0 Å². The van der Waals surface area contributed by atoms with E-state index in [1.54, 1.807) is 0 Å². The lowest BCUT2D eigenvalue weighted by atomic mass is 9.85. The predicted octanol–water partition coefficient (Wildman–Crippen LogP) is 7.59. The van der Waals surface area contributed by atoms with Gasteiger partial charge in [-0.3, -0.25) is 13.8 Å². The van der Waals surface area contributed by atoms with Crippen molar-refractivity contribution in [1.29, 1.82) is 0 Å². The van der Waals surface area contributed by atoms with Gasteiger partial charge in [0.05, 0.1) is 31.3 Å². The Hall–Kier alpha value is -1.22. The van der Waals surface area contributed by atoms with Crippen LogP contribution in [0, 0.1) is 0 Å². The van der Waals surface area contributed by atoms with Crippen molar-refractivity contribution in [3.05, 3.63) is 24.3 Å². The van der Waals surface area contributed by atoms with Crippen molar-refractivity contribution in [3.8, 4) is 0 Å². The number of allylic oxidation sites excluding steroid dienone is 4. The van der Waals surface area contributed by atoms with Crippen LogP contribution in [0.25, 0.3) is 0 Å². The van der Waals surface area contributed by atoms with Crippen LogP contribution in [-0.2, 0) is 18.4 Å². The Labute approximate surface area is 356 Å². The predicted molar refractivity (Wildman–Crippen MR) is 234 cm³/mol. The van der Waals surface area contributed by atoms with Gasteiger partial charge in [-0.25, -0.2) is 4.57 Å². The number of amides is 1. The zero-order valence-corrected chi connectivity index (χ0v) is 37.6. The number of nitrogens with one attached hydrogen (secondary N) is 1. The van der Waals surface area contributed by atoms with Crippen molar-refractivity contribution in [1.82, 2.24) is 5.32 Å². The van der Waals surface area contributed by atoms with Crippen LogP contribution in [0.4, 0.5) is 0 Å². The Morgan fingerprint density at radius 1 is 0.593 bits per heavy atom. The van der Waals surface area contributed by atoms with Gasteiger partial charge in [-0.2, -0.15) is 0 Å². The molecule has 1 saturated carbocycles. The monoisotopic (exact) mass is 864 g/mol. The highest BCUT2D eigenvalue weighted by Crippen LogP contribution is 2.47. The highest BCUT2D eigenvalue weighted by atomic mass is 31.2. The Morgan fingerprint density at radius 2 is 0.983 bits per heavy atom. The highest BCUT2D eigenvalue weighted by Gasteiger charge is 2.51. The average Bonchev–Trinajstić information content (AvgIpc) is 3.21. The normalized spacial score (nSPS) is 23.8. The molecule has 0 radical (unpaired) electrons. The summed E-state index contributed by atoms with van der Waals surface area (Å²) in [7, 11) is -5.11. The van der Waals surface area contributed by atoms with Gasteiger partial charge >= 0.3 is 7.82 Å². The van der Waals surface area contributed by atoms with Gasteiger partial charge in [0, 0.05) is 0 Å². The van der Waals surface area contributed by atoms with E-state index in [0.717, 1.165) is 64.2 Å². The molecule has 8 unspecified atom stereocenters. The molecule has 0 saturated heterocycles. The smallest absolute Gasteiger partial charge is 0.393 e. The second kappa shape index (κ2) is 35.3. The molecule has 348 valence electrons. The number of rotatable bonds is 38. The zero-order valence-electron chi connectivity index (χ0n) is 36.7. The Kier molecular flexibility index (Phi) is 33.3. The first-order valence-electron chi connectivity index (χ1n) is 23.4. The minimum absolute atomic E-state index is 0.225. The van der Waals surface area contributed by atoms with E-state index in [0.29, 0.717) is 12.8 Å². The molecular formula is C45H86NO12P. The Bertz CT molecular complexity index is 1110. The van der Waals surface area contributed by atoms with E-state index >= 15 is 0 Å². The fourth-order valence-corrected chi connectivity index (χ4v) is 8.44. The standard InChI is InChI=1S/C45H86NO12P/c1-3-5-7-9-11-13-15-17-18-19-20-21-22-24-26-28-30-32-36(47)34-39(49)46-37(38(48)33-31-29-27-25-23-16-14-12-10-8-6-4-2)35-57-59(55,56)58-45-43(53)41(51)40(50)42(52)44(45)54/h11,13,15,17,36-38,40-45,47-48,50-54H,3-10,12,14,16,18-35H2,1-2H3,(H,46,49)(H,55,56)/b13-11-,17-15-. The molecule has 13 nitrogen and oxygen atoms in total. The summed E-state index contributed by atoms with van der Waals surface area (Å²) in [6.45, 7) is 3.74. The number of aliphatic hydroxyl groups is 7. The van der Waals surface area contributed by atoms with Crippen LogP contribution in [0.2, 0.25) is 0 Å². The van der Waals surface area contributed by atoms with Crippen molar-refractivity contribution in [2.45, 2.75) is 249 Å². The van der Waals surface area contributed by atoms with Crippen molar-refractivity contribution in [2.24, 2.45) is 0 Å². The van der Waals surface area contributed by atoms with E-state index in [9.17, 15) is 50.0 Å². The van der Waals surface area contributed by atoms with Crippen molar-refractivity contribution in [2.75, 3.05) is 6.61 Å². The molecule has 0 aromatic heterocycles. The molecule has 0 spiro atoms. The van der Waals surface area contributed by atoms with E-state index in [1.165, 1.54) is 89.9 Å². The van der Waals surface area contributed by atoms with Crippen molar-refractivity contribution in [3.63, 3.8) is 0 Å². The van der Waals surface area contributed by atoms with Gasteiger partial charge in [0.25, 0.3) is 0 Å². The van der Waals surface area contributed by atoms with Crippen LogP contribution >= 0.6 is 7.82 Å². The molecule has 1 aliphatic carbocycles. The molecule has 0 aliphatic heterocycles. The maximum absolute atomic E-state index is 13.0. The SMILES string of the molecule is CCCCC/C=C\C=C/CCCCCCCCCCC(O)CC(=O)NC(COP(=O)(O)OC1C(O)C(O)C(O)C(O)C1O)C(O)CCCCCCCCCCCCCC. The Balaban J connectivity index is 2.50. The first-order valence-corrected chi connectivity index (χ1v) is 24.9. The third-order valence-corrected chi connectivity index (χ3v) is 12.3. The lowest BCUT2D eigenvalue weighted by molar-refractivity contribution is -0.220. The minimum atomic E-state index is -5.11. The number of hydrogen-bond donors (Lipinski definition) is 9. The summed E-state index contributed by atoms with van der Waals surface area (Å²) < 4.78 is 22.9. The molecule has 14 heteroatoms. The summed E-state index contributed by atoms with van der Waals surface area (Å²) in [5, 5.41) is 74.6. The molecule has 0 aromatic carbocycles. The zero-order chi connectivity index (χ0) is 43.7. The third kappa shape index (κ3) is 27.5. The lowest BCUT2D eigenvalue weighted by Crippen LogP contribution is -2.64. The van der Waals surface area contributed by atoms with E-state index in [4.69, 9.17) is 9.05 Å². The number of unbranched alkanes of at least 4 members (excludes halogenated alkanes) is 22. The average molecular weight is 864 g/mol. The van der Waals surface area contributed by atoms with E-state index in [1.807, 2.05) is 0 Å². The maximum Gasteiger partial charge on any atom is 0.472 e. The topological polar surface area (TPSA) is 226 Å². The van der Waals surface area contributed by atoms with E-state index in [-0.39, 0.29) is 12.8 Å². The van der Waals surface area contributed by atoms with Gasteiger partial charge in [0.1, 0.15) is 36.6 Å². The van der Waals surface area contributed by atoms with Crippen LogP contribution in [-0.4, -0.2) is 108 Å². The summed E-state index contributed by atoms with van der Waals surface area (Å²) in [4.78, 5) is 23.4. The van der Waals surface area contributed by atoms with E-state index < -0.39 is 75.2 Å². The van der Waals surface area contributed by atoms with Gasteiger partial charge in [-0.15, -0.1) is 0 Å². The number of hydrogen-bond acceptors (Lipinski definition) is 11. The Morgan fingerprint density at radius 3 is 1.47 bits per heavy atom. The van der Waals surface area contributed by atoms with Crippen molar-refractivity contribution >= 4 is 13.7 Å². The largest absolute Gasteiger partial charge is 0.472 e. The highest BCUT2D eigenvalue weighted by molar-refractivity contribution is 7.47. The number of phosphoric acid groups is 1. The fourth-order valence-electron chi connectivity index (χ4n) is 7.47. The number of carbonyl (C=O) groups is 1. The van der Waals surface area contributed by atoms with Crippen LogP contribution in [0.5, 0.6) is 0 Å². The molecule has 1 amide bonds. The molecule has 0 aromatic rings. The molecule has 8 atom stereocenters. The molecule has 59 heavy (non-hydrogen) atoms. The van der Waals surface area contributed by atoms with Gasteiger partial charge in [-0.05, 0) is 38.5 Å². The summed E-state index contributed by atoms with van der Waals surface area (Å²) in [5.74, 6) is -0.565. The van der Waals surface area contributed by atoms with Crippen molar-refractivity contribution < 1.29 is 59.0 Å². The first kappa shape index (κ1) is 55.8. The number of aliphatic hydroxyl groups excluding tert-OH is 7. The molecule has 1 fully saturated rings. The molecule has 0 heterocycles. The molecule has 0 bridgehead atoms. The summed E-state index contributed by atoms with van der Waals surface area (Å²) in [6.07, 6.45) is 23.7. The van der Waals surface area contributed by atoms with Gasteiger partial charge in [-0.1, -0.05) is 173 Å².